The quantitative estimate of drug-likeness (QED) is 0.668. The summed E-state index contributed by atoms with van der Waals surface area (Å²) in [6, 6.07) is 9.62. The van der Waals surface area contributed by atoms with Gasteiger partial charge in [-0.05, 0) is 79.3 Å². The number of hydrogen-bond acceptors (Lipinski definition) is 3. The smallest absolute Gasteiger partial charge is 0.261 e. The summed E-state index contributed by atoms with van der Waals surface area (Å²) in [4.78, 5) is 12.7. The van der Waals surface area contributed by atoms with E-state index in [1.165, 1.54) is 24.3 Å². The monoisotopic (exact) mass is 387 g/mol. The second kappa shape index (κ2) is 9.58. The van der Waals surface area contributed by atoms with Crippen molar-refractivity contribution in [1.82, 2.24) is 5.32 Å². The highest BCUT2D eigenvalue weighted by Gasteiger charge is 2.22. The number of benzene rings is 2. The molecule has 4 nitrogen and oxygen atoms in total. The van der Waals surface area contributed by atoms with Crippen molar-refractivity contribution >= 4 is 5.91 Å². The van der Waals surface area contributed by atoms with E-state index in [2.05, 4.69) is 25.2 Å². The van der Waals surface area contributed by atoms with Gasteiger partial charge in [-0.1, -0.05) is 20.8 Å². The Morgan fingerprint density at radius 2 is 1.75 bits per heavy atom. The van der Waals surface area contributed by atoms with Crippen LogP contribution in [-0.4, -0.2) is 19.1 Å². The molecule has 0 aromatic heterocycles. The summed E-state index contributed by atoms with van der Waals surface area (Å²) in [5, 5.41) is 3.04. The van der Waals surface area contributed by atoms with Gasteiger partial charge in [-0.15, -0.1) is 0 Å². The fourth-order valence-corrected chi connectivity index (χ4v) is 3.19. The fraction of sp³-hybridized carbons (Fsp3) is 0.435. The van der Waals surface area contributed by atoms with Gasteiger partial charge in [0.2, 0.25) is 0 Å². The first-order valence-corrected chi connectivity index (χ1v) is 9.67. The van der Waals surface area contributed by atoms with Crippen LogP contribution in [0, 0.1) is 12.7 Å². The minimum absolute atomic E-state index is 0.179. The number of halogens is 1. The molecule has 1 N–H and O–H groups in total. The molecule has 2 rings (SSSR count). The molecule has 0 aliphatic rings. The van der Waals surface area contributed by atoms with E-state index in [-0.39, 0.29) is 17.8 Å². The summed E-state index contributed by atoms with van der Waals surface area (Å²) in [6.07, 6.45) is -0.134. The Morgan fingerprint density at radius 3 is 2.29 bits per heavy atom. The maximum atomic E-state index is 13.1. The molecule has 152 valence electrons. The largest absolute Gasteiger partial charge is 0.496 e. The van der Waals surface area contributed by atoms with E-state index in [0.717, 1.165) is 22.4 Å². The van der Waals surface area contributed by atoms with Crippen LogP contribution in [-0.2, 0) is 4.79 Å². The number of methoxy groups -OCH3 is 1. The molecule has 0 aliphatic carbocycles. The van der Waals surface area contributed by atoms with Crippen LogP contribution in [0.2, 0.25) is 0 Å². The maximum absolute atomic E-state index is 13.1. The Hall–Kier alpha value is -2.56. The number of hydrogen-bond donors (Lipinski definition) is 1. The zero-order chi connectivity index (χ0) is 20.8. The molecular weight excluding hydrogens is 357 g/mol. The van der Waals surface area contributed by atoms with E-state index in [4.69, 9.17) is 9.47 Å². The van der Waals surface area contributed by atoms with Gasteiger partial charge in [-0.25, -0.2) is 4.39 Å². The number of amides is 1. The van der Waals surface area contributed by atoms with Gasteiger partial charge in [0.15, 0.2) is 6.10 Å². The van der Waals surface area contributed by atoms with Crippen molar-refractivity contribution < 1.29 is 18.7 Å². The van der Waals surface area contributed by atoms with Crippen LogP contribution in [0.15, 0.2) is 36.4 Å². The average molecular weight is 387 g/mol. The normalized spacial score (nSPS) is 13.1. The molecule has 0 heterocycles. The summed E-state index contributed by atoms with van der Waals surface area (Å²) in [7, 11) is 1.67. The number of nitrogens with one attached hydrogen (secondary N) is 1. The van der Waals surface area contributed by atoms with E-state index >= 15 is 0 Å². The number of aryl methyl sites for hydroxylation is 1. The molecule has 2 aromatic carbocycles. The number of ether oxygens (including phenoxy) is 2. The molecule has 0 saturated carbocycles. The molecular formula is C23H30FNO3. The van der Waals surface area contributed by atoms with Crippen molar-refractivity contribution in [2.45, 2.75) is 59.1 Å². The molecule has 0 spiro atoms. The van der Waals surface area contributed by atoms with Crippen molar-refractivity contribution in [3.63, 3.8) is 0 Å². The van der Waals surface area contributed by atoms with Crippen LogP contribution < -0.4 is 14.8 Å². The number of carbonyl (C=O) groups excluding carboxylic acids is 1. The van der Waals surface area contributed by atoms with Crippen molar-refractivity contribution in [2.24, 2.45) is 0 Å². The van der Waals surface area contributed by atoms with E-state index in [1.807, 2.05) is 26.8 Å². The summed E-state index contributed by atoms with van der Waals surface area (Å²) in [5.41, 5.74) is 3.22. The Kier molecular flexibility index (Phi) is 7.44. The second-order valence-corrected chi connectivity index (χ2v) is 7.30. The van der Waals surface area contributed by atoms with Crippen molar-refractivity contribution in [1.29, 1.82) is 0 Å². The van der Waals surface area contributed by atoms with Crippen molar-refractivity contribution in [3.8, 4) is 11.5 Å². The van der Waals surface area contributed by atoms with Crippen LogP contribution >= 0.6 is 0 Å². The highest BCUT2D eigenvalue weighted by Crippen LogP contribution is 2.32. The standard InChI is InChI=1S/C23H30FNO3/c1-7-21(28-18-10-8-17(24)9-11-18)23(26)25-16(5)20-13-19(14(2)3)22(27-6)12-15(20)4/h8-14,16,21H,7H2,1-6H3,(H,25,26)/t16-,21-/m0/s1. The Labute approximate surface area is 167 Å². The molecule has 28 heavy (non-hydrogen) atoms. The van der Waals surface area contributed by atoms with Crippen molar-refractivity contribution in [2.75, 3.05) is 7.11 Å². The van der Waals surface area contributed by atoms with Crippen LogP contribution in [0.1, 0.15) is 62.8 Å². The molecule has 0 radical (unpaired) electrons. The SMILES string of the molecule is CC[C@H](Oc1ccc(F)cc1)C(=O)N[C@@H](C)c1cc(C(C)C)c(OC)cc1C. The summed E-state index contributed by atoms with van der Waals surface area (Å²) in [5.74, 6) is 1.11. The van der Waals surface area contributed by atoms with E-state index in [9.17, 15) is 9.18 Å². The van der Waals surface area contributed by atoms with E-state index in [0.29, 0.717) is 18.1 Å². The Balaban J connectivity index is 2.15. The highest BCUT2D eigenvalue weighted by atomic mass is 19.1. The molecule has 5 heteroatoms. The molecule has 0 aliphatic heterocycles. The van der Waals surface area contributed by atoms with Gasteiger partial charge < -0.3 is 14.8 Å². The van der Waals surface area contributed by atoms with Crippen LogP contribution in [0.4, 0.5) is 4.39 Å². The predicted octanol–water partition coefficient (Wildman–Crippen LogP) is 5.30. The zero-order valence-corrected chi connectivity index (χ0v) is 17.5. The highest BCUT2D eigenvalue weighted by molar-refractivity contribution is 5.81. The molecule has 2 atom stereocenters. The van der Waals surface area contributed by atoms with E-state index < -0.39 is 6.10 Å². The third-order valence-corrected chi connectivity index (χ3v) is 4.82. The van der Waals surface area contributed by atoms with E-state index in [1.54, 1.807) is 7.11 Å². The van der Waals surface area contributed by atoms with Crippen LogP contribution in [0.5, 0.6) is 11.5 Å². The van der Waals surface area contributed by atoms with Gasteiger partial charge in [0.1, 0.15) is 17.3 Å². The minimum Gasteiger partial charge on any atom is -0.496 e. The van der Waals surface area contributed by atoms with Gasteiger partial charge in [-0.3, -0.25) is 4.79 Å². The zero-order valence-electron chi connectivity index (χ0n) is 17.5. The Morgan fingerprint density at radius 1 is 1.11 bits per heavy atom. The predicted molar refractivity (Wildman–Crippen MR) is 109 cm³/mol. The lowest BCUT2D eigenvalue weighted by atomic mass is 9.93. The van der Waals surface area contributed by atoms with Crippen LogP contribution in [0.25, 0.3) is 0 Å². The number of carbonyl (C=O) groups is 1. The van der Waals surface area contributed by atoms with Gasteiger partial charge in [0.25, 0.3) is 5.91 Å². The molecule has 0 fully saturated rings. The minimum atomic E-state index is -0.643. The summed E-state index contributed by atoms with van der Waals surface area (Å²) < 4.78 is 24.3. The fourth-order valence-electron chi connectivity index (χ4n) is 3.19. The van der Waals surface area contributed by atoms with Crippen LogP contribution in [0.3, 0.4) is 0 Å². The first kappa shape index (κ1) is 21.7. The molecule has 1 amide bonds. The summed E-state index contributed by atoms with van der Waals surface area (Å²) >= 11 is 0. The molecule has 0 bridgehead atoms. The third kappa shape index (κ3) is 5.24. The van der Waals surface area contributed by atoms with Gasteiger partial charge >= 0.3 is 0 Å². The first-order chi connectivity index (χ1) is 13.3. The first-order valence-electron chi connectivity index (χ1n) is 9.67. The lowest BCUT2D eigenvalue weighted by Gasteiger charge is -2.23. The second-order valence-electron chi connectivity index (χ2n) is 7.30. The molecule has 0 saturated heterocycles. The third-order valence-electron chi connectivity index (χ3n) is 4.82. The lowest BCUT2D eigenvalue weighted by Crippen LogP contribution is -2.39. The molecule has 0 unspecified atom stereocenters. The average Bonchev–Trinajstić information content (AvgIpc) is 2.66. The van der Waals surface area contributed by atoms with Gasteiger partial charge in [0, 0.05) is 0 Å². The summed E-state index contributed by atoms with van der Waals surface area (Å²) in [6.45, 7) is 10.1. The van der Waals surface area contributed by atoms with Crippen molar-refractivity contribution in [3.05, 3.63) is 58.9 Å². The Bertz CT molecular complexity index is 802. The lowest BCUT2D eigenvalue weighted by molar-refractivity contribution is -0.128. The maximum Gasteiger partial charge on any atom is 0.261 e. The van der Waals surface area contributed by atoms with Gasteiger partial charge in [0.05, 0.1) is 13.2 Å². The number of rotatable bonds is 8. The van der Waals surface area contributed by atoms with Gasteiger partial charge in [-0.2, -0.15) is 0 Å². The molecule has 2 aromatic rings. The topological polar surface area (TPSA) is 47.6 Å².